The molecule has 0 atom stereocenters. The summed E-state index contributed by atoms with van der Waals surface area (Å²) >= 11 is 3.16. The smallest absolute Gasteiger partial charge is 0.269 e. The van der Waals surface area contributed by atoms with Gasteiger partial charge in [-0.1, -0.05) is 36.8 Å². The molecule has 1 aromatic heterocycles. The van der Waals surface area contributed by atoms with E-state index in [1.54, 1.807) is 29.2 Å². The fraction of sp³-hybridized carbons (Fsp3) is 0.263. The second kappa shape index (κ2) is 8.36. The minimum atomic E-state index is -0.168. The van der Waals surface area contributed by atoms with Crippen molar-refractivity contribution >= 4 is 44.4 Å². The maximum atomic E-state index is 12.3. The third kappa shape index (κ3) is 4.52. The van der Waals surface area contributed by atoms with Gasteiger partial charge in [-0.25, -0.2) is 4.98 Å². The average molecular weight is 372 g/mol. The molecule has 0 fully saturated rings. The molecule has 0 aliphatic carbocycles. The van der Waals surface area contributed by atoms with Gasteiger partial charge in [-0.2, -0.15) is 0 Å². The van der Waals surface area contributed by atoms with Gasteiger partial charge in [-0.15, -0.1) is 11.8 Å². The van der Waals surface area contributed by atoms with E-state index in [1.165, 1.54) is 18.4 Å². The van der Waals surface area contributed by atoms with E-state index in [0.29, 0.717) is 10.7 Å². The van der Waals surface area contributed by atoms with E-state index in [4.69, 9.17) is 0 Å². The van der Waals surface area contributed by atoms with Crippen molar-refractivity contribution in [1.29, 1.82) is 0 Å². The van der Waals surface area contributed by atoms with Gasteiger partial charge in [0, 0.05) is 10.5 Å². The highest BCUT2D eigenvalue weighted by Crippen LogP contribution is 2.27. The highest BCUT2D eigenvalue weighted by atomic mass is 32.2. The molecule has 0 aliphatic rings. The molecule has 0 radical (unpaired) electrons. The molecule has 0 bridgehead atoms. The second-order valence-electron chi connectivity index (χ2n) is 5.74. The summed E-state index contributed by atoms with van der Waals surface area (Å²) in [5.41, 5.74) is 8.57. The number of amides is 1. The number of carbonyl (C=O) groups excluding carboxylic acids is 1. The molecule has 2 N–H and O–H groups in total. The summed E-state index contributed by atoms with van der Waals surface area (Å²) in [7, 11) is 0. The first kappa shape index (κ1) is 17.8. The van der Waals surface area contributed by atoms with E-state index in [-0.39, 0.29) is 5.91 Å². The van der Waals surface area contributed by atoms with Crippen LogP contribution in [-0.4, -0.2) is 17.1 Å². The number of unbranched alkanes of at least 4 members (excludes halogenated alkanes) is 1. The third-order valence-electron chi connectivity index (χ3n) is 3.89. The number of aryl methyl sites for hydroxylation is 1. The van der Waals surface area contributed by atoms with Crippen molar-refractivity contribution in [2.75, 3.05) is 11.7 Å². The molecule has 25 heavy (non-hydrogen) atoms. The van der Waals surface area contributed by atoms with Gasteiger partial charge in [0.15, 0.2) is 0 Å². The first-order valence-corrected chi connectivity index (χ1v) is 10.3. The van der Waals surface area contributed by atoms with Gasteiger partial charge >= 0.3 is 0 Å². The number of benzene rings is 2. The highest BCUT2D eigenvalue weighted by molar-refractivity contribution is 7.98. The van der Waals surface area contributed by atoms with Crippen molar-refractivity contribution in [3.8, 4) is 0 Å². The molecule has 0 saturated heterocycles. The molecule has 1 heterocycles. The number of anilines is 1. The summed E-state index contributed by atoms with van der Waals surface area (Å²) in [6, 6.07) is 13.9. The SMILES string of the molecule is CCCCc1ccc2nc(NNC(=O)c3cccc(SC)c3)sc2c1. The van der Waals surface area contributed by atoms with Crippen LogP contribution >= 0.6 is 23.1 Å². The molecule has 0 aliphatic heterocycles. The van der Waals surface area contributed by atoms with Crippen molar-refractivity contribution in [2.45, 2.75) is 31.1 Å². The first-order valence-electron chi connectivity index (χ1n) is 8.29. The monoisotopic (exact) mass is 371 g/mol. The Morgan fingerprint density at radius 2 is 2.12 bits per heavy atom. The molecule has 0 unspecified atom stereocenters. The summed E-state index contributed by atoms with van der Waals surface area (Å²) in [6.45, 7) is 2.20. The molecular formula is C19H21N3OS2. The quantitative estimate of drug-likeness (QED) is 0.447. The van der Waals surface area contributed by atoms with Gasteiger partial charge in [-0.3, -0.25) is 15.6 Å². The van der Waals surface area contributed by atoms with Crippen LogP contribution in [0.4, 0.5) is 5.13 Å². The number of thioether (sulfide) groups is 1. The largest absolute Gasteiger partial charge is 0.273 e. The topological polar surface area (TPSA) is 54.0 Å². The zero-order valence-corrected chi connectivity index (χ0v) is 16.0. The zero-order chi connectivity index (χ0) is 17.6. The number of thiazole rings is 1. The molecule has 3 aromatic rings. The van der Waals surface area contributed by atoms with Crippen LogP contribution in [0, 0.1) is 0 Å². The predicted octanol–water partition coefficient (Wildman–Crippen LogP) is 5.12. The van der Waals surface area contributed by atoms with Crippen LogP contribution in [0.15, 0.2) is 47.4 Å². The van der Waals surface area contributed by atoms with Crippen molar-refractivity contribution in [3.63, 3.8) is 0 Å². The van der Waals surface area contributed by atoms with Crippen LogP contribution in [0.2, 0.25) is 0 Å². The van der Waals surface area contributed by atoms with Crippen LogP contribution in [0.25, 0.3) is 10.2 Å². The lowest BCUT2D eigenvalue weighted by molar-refractivity contribution is 0.0962. The fourth-order valence-corrected chi connectivity index (χ4v) is 3.85. The van der Waals surface area contributed by atoms with E-state index in [0.717, 1.165) is 21.5 Å². The summed E-state index contributed by atoms with van der Waals surface area (Å²) in [5.74, 6) is -0.168. The Morgan fingerprint density at radius 1 is 1.24 bits per heavy atom. The Balaban J connectivity index is 1.67. The van der Waals surface area contributed by atoms with E-state index < -0.39 is 0 Å². The van der Waals surface area contributed by atoms with Crippen molar-refractivity contribution < 1.29 is 4.79 Å². The predicted molar refractivity (Wildman–Crippen MR) is 108 cm³/mol. The van der Waals surface area contributed by atoms with Gasteiger partial charge in [0.2, 0.25) is 5.13 Å². The Kier molecular flexibility index (Phi) is 5.94. The number of rotatable bonds is 7. The normalized spacial score (nSPS) is 10.8. The summed E-state index contributed by atoms with van der Waals surface area (Å²) in [5, 5.41) is 0.692. The maximum Gasteiger partial charge on any atom is 0.269 e. The number of hydrogen-bond donors (Lipinski definition) is 2. The Bertz CT molecular complexity index is 876. The number of nitrogens with zero attached hydrogens (tertiary/aromatic N) is 1. The van der Waals surface area contributed by atoms with E-state index in [9.17, 15) is 4.79 Å². The lowest BCUT2D eigenvalue weighted by atomic mass is 10.1. The van der Waals surface area contributed by atoms with Gasteiger partial charge in [0.05, 0.1) is 10.2 Å². The van der Waals surface area contributed by atoms with E-state index >= 15 is 0 Å². The standard InChI is InChI=1S/C19H21N3OS2/c1-3-4-6-13-9-10-16-17(11-13)25-19(20-16)22-21-18(23)14-7-5-8-15(12-14)24-2/h5,7-12H,3-4,6H2,1-2H3,(H,20,22)(H,21,23). The number of aromatic nitrogens is 1. The minimum Gasteiger partial charge on any atom is -0.273 e. The molecule has 6 heteroatoms. The van der Waals surface area contributed by atoms with Crippen molar-refractivity contribution in [2.24, 2.45) is 0 Å². The Hall–Kier alpha value is -2.05. The van der Waals surface area contributed by atoms with E-state index in [2.05, 4.69) is 34.9 Å². The molecular weight excluding hydrogens is 350 g/mol. The molecule has 0 saturated carbocycles. The summed E-state index contributed by atoms with van der Waals surface area (Å²) in [4.78, 5) is 17.9. The van der Waals surface area contributed by atoms with Gasteiger partial charge < -0.3 is 0 Å². The van der Waals surface area contributed by atoms with Crippen LogP contribution in [0.5, 0.6) is 0 Å². The van der Waals surface area contributed by atoms with Crippen LogP contribution < -0.4 is 10.9 Å². The van der Waals surface area contributed by atoms with Crippen molar-refractivity contribution in [1.82, 2.24) is 10.4 Å². The van der Waals surface area contributed by atoms with Crippen LogP contribution in [0.1, 0.15) is 35.7 Å². The number of nitrogens with one attached hydrogen (secondary N) is 2. The molecule has 130 valence electrons. The summed E-state index contributed by atoms with van der Waals surface area (Å²) < 4.78 is 1.13. The first-order chi connectivity index (χ1) is 12.2. The van der Waals surface area contributed by atoms with Crippen LogP contribution in [0.3, 0.4) is 0 Å². The summed E-state index contributed by atoms with van der Waals surface area (Å²) in [6.07, 6.45) is 5.47. The van der Waals surface area contributed by atoms with Gasteiger partial charge in [0.1, 0.15) is 0 Å². The molecule has 3 rings (SSSR count). The molecule has 4 nitrogen and oxygen atoms in total. The fourth-order valence-electron chi connectivity index (χ4n) is 2.51. The molecule has 2 aromatic carbocycles. The molecule has 1 amide bonds. The minimum absolute atomic E-state index is 0.168. The van der Waals surface area contributed by atoms with E-state index in [1.807, 2.05) is 30.5 Å². The average Bonchev–Trinajstić information content (AvgIpc) is 3.06. The highest BCUT2D eigenvalue weighted by Gasteiger charge is 2.08. The zero-order valence-electron chi connectivity index (χ0n) is 14.3. The van der Waals surface area contributed by atoms with Gasteiger partial charge in [0.25, 0.3) is 5.91 Å². The number of fused-ring (bicyclic) bond motifs is 1. The Labute approximate surface area is 156 Å². The van der Waals surface area contributed by atoms with Crippen LogP contribution in [-0.2, 0) is 6.42 Å². The number of hydrazine groups is 1. The van der Waals surface area contributed by atoms with Gasteiger partial charge in [-0.05, 0) is 55.0 Å². The Morgan fingerprint density at radius 3 is 2.92 bits per heavy atom. The maximum absolute atomic E-state index is 12.3. The van der Waals surface area contributed by atoms with Crippen molar-refractivity contribution in [3.05, 3.63) is 53.6 Å². The number of carbonyl (C=O) groups is 1. The number of hydrogen-bond acceptors (Lipinski definition) is 5. The lowest BCUT2D eigenvalue weighted by Gasteiger charge is -2.06. The third-order valence-corrected chi connectivity index (χ3v) is 5.55. The second-order valence-corrected chi connectivity index (χ2v) is 7.65. The molecule has 0 spiro atoms. The lowest BCUT2D eigenvalue weighted by Crippen LogP contribution is -2.29.